The van der Waals surface area contributed by atoms with E-state index in [1.54, 1.807) is 13.0 Å². The summed E-state index contributed by atoms with van der Waals surface area (Å²) in [5.41, 5.74) is 1.15. The predicted molar refractivity (Wildman–Crippen MR) is 74.7 cm³/mol. The molecule has 1 amide bonds. The van der Waals surface area contributed by atoms with Gasteiger partial charge < -0.3 is 5.32 Å². The Morgan fingerprint density at radius 2 is 2.00 bits per heavy atom. The molecule has 1 rings (SSSR count). The van der Waals surface area contributed by atoms with Crippen LogP contribution in [0.5, 0.6) is 0 Å². The lowest BCUT2D eigenvalue weighted by molar-refractivity contribution is 0.0952. The van der Waals surface area contributed by atoms with Crippen LogP contribution in [0.1, 0.15) is 35.7 Å². The SMILES string of the molecule is CCCCNC(=O)c1cc(S(=O)(=O)NC)ccc1C. The molecule has 0 spiro atoms. The summed E-state index contributed by atoms with van der Waals surface area (Å²) in [6, 6.07) is 4.53. The molecule has 0 heterocycles. The molecule has 6 heteroatoms. The van der Waals surface area contributed by atoms with Crippen molar-refractivity contribution in [3.05, 3.63) is 29.3 Å². The number of aryl methyl sites for hydroxylation is 1. The Bertz CT molecular complexity index is 553. The molecule has 19 heavy (non-hydrogen) atoms. The zero-order chi connectivity index (χ0) is 14.5. The minimum absolute atomic E-state index is 0.0984. The van der Waals surface area contributed by atoms with Crippen LogP contribution in [-0.2, 0) is 10.0 Å². The molecule has 0 radical (unpaired) electrons. The van der Waals surface area contributed by atoms with Gasteiger partial charge in [-0.1, -0.05) is 19.4 Å². The lowest BCUT2D eigenvalue weighted by Gasteiger charge is -2.09. The van der Waals surface area contributed by atoms with Gasteiger partial charge in [0.25, 0.3) is 5.91 Å². The lowest BCUT2D eigenvalue weighted by Crippen LogP contribution is -2.26. The minimum atomic E-state index is -3.53. The Hall–Kier alpha value is -1.40. The van der Waals surface area contributed by atoms with Crippen molar-refractivity contribution in [1.29, 1.82) is 0 Å². The third-order valence-corrected chi connectivity index (χ3v) is 4.26. The number of nitrogens with one attached hydrogen (secondary N) is 2. The van der Waals surface area contributed by atoms with E-state index in [4.69, 9.17) is 0 Å². The first-order valence-electron chi connectivity index (χ1n) is 6.24. The molecule has 0 aromatic heterocycles. The van der Waals surface area contributed by atoms with E-state index in [2.05, 4.69) is 10.0 Å². The average molecular weight is 284 g/mol. The molecular weight excluding hydrogens is 264 g/mol. The third-order valence-electron chi connectivity index (χ3n) is 2.85. The van der Waals surface area contributed by atoms with Crippen LogP contribution in [0.4, 0.5) is 0 Å². The topological polar surface area (TPSA) is 75.3 Å². The number of unbranched alkanes of at least 4 members (excludes halogenated alkanes) is 1. The molecule has 0 aliphatic heterocycles. The minimum Gasteiger partial charge on any atom is -0.352 e. The summed E-state index contributed by atoms with van der Waals surface area (Å²) in [5.74, 6) is -0.237. The summed E-state index contributed by atoms with van der Waals surface area (Å²) in [5, 5.41) is 2.78. The summed E-state index contributed by atoms with van der Waals surface area (Å²) in [7, 11) is -2.18. The second kappa shape index (κ2) is 6.68. The summed E-state index contributed by atoms with van der Waals surface area (Å²) in [6.45, 7) is 4.42. The molecule has 0 aliphatic carbocycles. The van der Waals surface area contributed by atoms with E-state index in [1.165, 1.54) is 19.2 Å². The van der Waals surface area contributed by atoms with Crippen molar-refractivity contribution >= 4 is 15.9 Å². The Kier molecular flexibility index (Phi) is 5.50. The fraction of sp³-hybridized carbons (Fsp3) is 0.462. The van der Waals surface area contributed by atoms with Gasteiger partial charge >= 0.3 is 0 Å². The molecule has 0 atom stereocenters. The first kappa shape index (κ1) is 15.7. The molecule has 1 aromatic carbocycles. The summed E-state index contributed by atoms with van der Waals surface area (Å²) in [6.07, 6.45) is 1.90. The highest BCUT2D eigenvalue weighted by Crippen LogP contribution is 2.15. The van der Waals surface area contributed by atoms with Gasteiger partial charge in [-0.25, -0.2) is 13.1 Å². The molecule has 0 saturated heterocycles. The number of sulfonamides is 1. The lowest BCUT2D eigenvalue weighted by atomic mass is 10.1. The van der Waals surface area contributed by atoms with E-state index >= 15 is 0 Å². The van der Waals surface area contributed by atoms with Crippen LogP contribution in [-0.4, -0.2) is 27.9 Å². The molecule has 2 N–H and O–H groups in total. The number of hydrogen-bond acceptors (Lipinski definition) is 3. The van der Waals surface area contributed by atoms with Crippen molar-refractivity contribution in [2.45, 2.75) is 31.6 Å². The van der Waals surface area contributed by atoms with Gasteiger partial charge in [-0.15, -0.1) is 0 Å². The maximum Gasteiger partial charge on any atom is 0.251 e. The van der Waals surface area contributed by atoms with Crippen molar-refractivity contribution in [3.8, 4) is 0 Å². The monoisotopic (exact) mass is 284 g/mol. The smallest absolute Gasteiger partial charge is 0.251 e. The van der Waals surface area contributed by atoms with E-state index in [-0.39, 0.29) is 10.8 Å². The van der Waals surface area contributed by atoms with Gasteiger partial charge in [-0.05, 0) is 38.1 Å². The van der Waals surface area contributed by atoms with Crippen LogP contribution >= 0.6 is 0 Å². The van der Waals surface area contributed by atoms with Crippen molar-refractivity contribution in [2.24, 2.45) is 0 Å². The van der Waals surface area contributed by atoms with Gasteiger partial charge in [0.15, 0.2) is 0 Å². The van der Waals surface area contributed by atoms with Crippen molar-refractivity contribution in [3.63, 3.8) is 0 Å². The van der Waals surface area contributed by atoms with Crippen LogP contribution in [0.15, 0.2) is 23.1 Å². The van der Waals surface area contributed by atoms with Crippen LogP contribution in [0, 0.1) is 6.92 Å². The van der Waals surface area contributed by atoms with Crippen LogP contribution in [0.2, 0.25) is 0 Å². The van der Waals surface area contributed by atoms with Gasteiger partial charge in [-0.2, -0.15) is 0 Å². The van der Waals surface area contributed by atoms with E-state index in [1.807, 2.05) is 6.92 Å². The largest absolute Gasteiger partial charge is 0.352 e. The molecular formula is C13H20N2O3S. The first-order valence-corrected chi connectivity index (χ1v) is 7.73. The Morgan fingerprint density at radius 3 is 2.58 bits per heavy atom. The zero-order valence-corrected chi connectivity index (χ0v) is 12.3. The number of carbonyl (C=O) groups is 1. The predicted octanol–water partition coefficient (Wildman–Crippen LogP) is 1.43. The van der Waals surface area contributed by atoms with Gasteiger partial charge in [-0.3, -0.25) is 4.79 Å². The third kappa shape index (κ3) is 4.04. The van der Waals surface area contributed by atoms with Crippen LogP contribution in [0.3, 0.4) is 0 Å². The normalized spacial score (nSPS) is 11.3. The average Bonchev–Trinajstić information content (AvgIpc) is 2.39. The Balaban J connectivity index is 3.01. The maximum atomic E-state index is 12.0. The fourth-order valence-corrected chi connectivity index (χ4v) is 2.36. The Labute approximate surface area is 114 Å². The number of rotatable bonds is 6. The van der Waals surface area contributed by atoms with Crippen molar-refractivity contribution in [2.75, 3.05) is 13.6 Å². The molecule has 5 nitrogen and oxygen atoms in total. The quantitative estimate of drug-likeness (QED) is 0.776. The highest BCUT2D eigenvalue weighted by Gasteiger charge is 2.16. The van der Waals surface area contributed by atoms with Gasteiger partial charge in [0, 0.05) is 12.1 Å². The standard InChI is InChI=1S/C13H20N2O3S/c1-4-5-8-15-13(16)12-9-11(7-6-10(12)2)19(17,18)14-3/h6-7,9,14H,4-5,8H2,1-3H3,(H,15,16). The second-order valence-corrected chi connectivity index (χ2v) is 6.18. The molecule has 1 aromatic rings. The highest BCUT2D eigenvalue weighted by molar-refractivity contribution is 7.89. The molecule has 0 saturated carbocycles. The van der Waals surface area contributed by atoms with Crippen molar-refractivity contribution < 1.29 is 13.2 Å². The highest BCUT2D eigenvalue weighted by atomic mass is 32.2. The van der Waals surface area contributed by atoms with Gasteiger partial charge in [0.1, 0.15) is 0 Å². The molecule has 106 valence electrons. The second-order valence-electron chi connectivity index (χ2n) is 4.29. The van der Waals surface area contributed by atoms with E-state index in [0.717, 1.165) is 18.4 Å². The van der Waals surface area contributed by atoms with E-state index < -0.39 is 10.0 Å². The number of carbonyl (C=O) groups excluding carboxylic acids is 1. The van der Waals surface area contributed by atoms with Gasteiger partial charge in [0.2, 0.25) is 10.0 Å². The molecule has 0 aliphatic rings. The van der Waals surface area contributed by atoms with Crippen LogP contribution in [0.25, 0.3) is 0 Å². The summed E-state index contributed by atoms with van der Waals surface area (Å²) < 4.78 is 25.6. The van der Waals surface area contributed by atoms with E-state index in [0.29, 0.717) is 12.1 Å². The first-order chi connectivity index (χ1) is 8.92. The molecule has 0 unspecified atom stereocenters. The van der Waals surface area contributed by atoms with Crippen molar-refractivity contribution in [1.82, 2.24) is 10.0 Å². The number of amides is 1. The fourth-order valence-electron chi connectivity index (χ4n) is 1.60. The molecule has 0 bridgehead atoms. The number of hydrogen-bond donors (Lipinski definition) is 2. The zero-order valence-electron chi connectivity index (χ0n) is 11.5. The summed E-state index contributed by atoms with van der Waals surface area (Å²) in [4.78, 5) is 12.1. The van der Waals surface area contributed by atoms with E-state index in [9.17, 15) is 13.2 Å². The number of benzene rings is 1. The summed E-state index contributed by atoms with van der Waals surface area (Å²) >= 11 is 0. The van der Waals surface area contributed by atoms with Crippen LogP contribution < -0.4 is 10.0 Å². The molecule has 0 fully saturated rings. The van der Waals surface area contributed by atoms with Gasteiger partial charge in [0.05, 0.1) is 4.90 Å². The maximum absolute atomic E-state index is 12.0. The Morgan fingerprint density at radius 1 is 1.32 bits per heavy atom.